The Morgan fingerprint density at radius 2 is 2.12 bits per heavy atom. The van der Waals surface area contributed by atoms with Crippen molar-refractivity contribution in [2.75, 3.05) is 12.8 Å². The second kappa shape index (κ2) is 6.22. The molecule has 3 rings (SSSR count). The van der Waals surface area contributed by atoms with Crippen LogP contribution < -0.4 is 15.2 Å². The first-order valence-electron chi connectivity index (χ1n) is 6.82. The molecule has 0 aliphatic rings. The molecule has 0 radical (unpaired) electrons. The fourth-order valence-electron chi connectivity index (χ4n) is 2.09. The van der Waals surface area contributed by atoms with Gasteiger partial charge in [-0.3, -0.25) is 4.79 Å². The van der Waals surface area contributed by atoms with Gasteiger partial charge in [0.1, 0.15) is 11.6 Å². The van der Waals surface area contributed by atoms with Gasteiger partial charge in [0.05, 0.1) is 18.3 Å². The lowest BCUT2D eigenvalue weighted by Gasteiger charge is -2.08. The number of amides is 1. The van der Waals surface area contributed by atoms with Gasteiger partial charge in [0, 0.05) is 11.8 Å². The smallest absolute Gasteiger partial charge is 0.269 e. The Kier molecular flexibility index (Phi) is 4.23. The first kappa shape index (κ1) is 17.0. The van der Waals surface area contributed by atoms with E-state index in [-0.39, 0.29) is 27.7 Å². The number of ether oxygens (including phenoxy) is 1. The minimum Gasteiger partial charge on any atom is -0.495 e. The molecule has 0 aliphatic heterocycles. The number of carbonyl (C=O) groups excluding carboxylic acids is 1. The van der Waals surface area contributed by atoms with Crippen LogP contribution in [0.2, 0.25) is 5.02 Å². The van der Waals surface area contributed by atoms with Crippen molar-refractivity contribution < 1.29 is 17.9 Å². The Bertz CT molecular complexity index is 1080. The van der Waals surface area contributed by atoms with Crippen LogP contribution >= 0.6 is 11.6 Å². The predicted molar refractivity (Wildman–Crippen MR) is 90.1 cm³/mol. The summed E-state index contributed by atoms with van der Waals surface area (Å²) in [4.78, 5) is 15.9. The van der Waals surface area contributed by atoms with Gasteiger partial charge in [-0.2, -0.15) is 5.10 Å². The van der Waals surface area contributed by atoms with E-state index in [1.807, 2.05) is 4.72 Å². The fraction of sp³-hybridized carbons (Fsp3) is 0.0714. The number of rotatable bonds is 4. The molecule has 0 fully saturated rings. The molecule has 0 spiro atoms. The summed E-state index contributed by atoms with van der Waals surface area (Å²) in [5.74, 6) is -0.478. The van der Waals surface area contributed by atoms with E-state index in [1.165, 1.54) is 42.1 Å². The van der Waals surface area contributed by atoms with Crippen LogP contribution in [0.1, 0.15) is 10.4 Å². The molecule has 3 N–H and O–H groups in total. The highest BCUT2D eigenvalue weighted by molar-refractivity contribution is 7.90. The van der Waals surface area contributed by atoms with E-state index < -0.39 is 15.9 Å². The zero-order chi connectivity index (χ0) is 18.2. The number of carbonyl (C=O) groups is 1. The highest BCUT2D eigenvalue weighted by Crippen LogP contribution is 2.25. The zero-order valence-corrected chi connectivity index (χ0v) is 14.4. The number of halogens is 1. The zero-order valence-electron chi connectivity index (χ0n) is 12.8. The first-order valence-corrected chi connectivity index (χ1v) is 8.68. The van der Waals surface area contributed by atoms with Gasteiger partial charge in [-0.1, -0.05) is 11.6 Å². The number of nitrogens with one attached hydrogen (secondary N) is 1. The quantitative estimate of drug-likeness (QED) is 0.692. The van der Waals surface area contributed by atoms with Crippen molar-refractivity contribution >= 4 is 39.0 Å². The van der Waals surface area contributed by atoms with Gasteiger partial charge >= 0.3 is 0 Å². The second-order valence-corrected chi connectivity index (χ2v) is 6.97. The number of nitrogen functional groups attached to an aromatic ring is 1. The molecule has 0 bridgehead atoms. The van der Waals surface area contributed by atoms with Crippen molar-refractivity contribution in [3.8, 4) is 5.75 Å². The van der Waals surface area contributed by atoms with Crippen LogP contribution in [0.25, 0.3) is 5.65 Å². The molecule has 0 atom stereocenters. The number of nitrogens with two attached hydrogens (primary N) is 1. The van der Waals surface area contributed by atoms with E-state index in [0.717, 1.165) is 6.20 Å². The molecule has 25 heavy (non-hydrogen) atoms. The molecule has 0 aliphatic carbocycles. The molecule has 130 valence electrons. The van der Waals surface area contributed by atoms with E-state index >= 15 is 0 Å². The minimum atomic E-state index is -4.21. The Morgan fingerprint density at radius 1 is 1.36 bits per heavy atom. The lowest BCUT2D eigenvalue weighted by molar-refractivity contribution is 0.0981. The highest BCUT2D eigenvalue weighted by atomic mass is 35.5. The van der Waals surface area contributed by atoms with Gasteiger partial charge in [-0.25, -0.2) is 22.6 Å². The third kappa shape index (κ3) is 3.21. The number of aromatic nitrogens is 3. The van der Waals surface area contributed by atoms with Gasteiger partial charge in [-0.05, 0) is 24.3 Å². The van der Waals surface area contributed by atoms with Crippen LogP contribution in [0.4, 0.5) is 5.82 Å². The Labute approximate surface area is 147 Å². The van der Waals surface area contributed by atoms with Crippen molar-refractivity contribution in [2.24, 2.45) is 0 Å². The molecule has 0 saturated heterocycles. The molecular formula is C14H12ClN5O4S. The average Bonchev–Trinajstić information content (AvgIpc) is 2.98. The number of sulfonamides is 1. The fourth-order valence-corrected chi connectivity index (χ4v) is 3.32. The molecule has 0 unspecified atom stereocenters. The Balaban J connectivity index is 1.95. The maximum atomic E-state index is 12.5. The number of hydrogen-bond donors (Lipinski definition) is 2. The molecule has 9 nitrogen and oxygen atoms in total. The highest BCUT2D eigenvalue weighted by Gasteiger charge is 2.24. The normalized spacial score (nSPS) is 11.4. The van der Waals surface area contributed by atoms with E-state index in [0.29, 0.717) is 5.02 Å². The van der Waals surface area contributed by atoms with Gasteiger partial charge in [0.25, 0.3) is 15.9 Å². The molecular weight excluding hydrogens is 370 g/mol. The predicted octanol–water partition coefficient (Wildman–Crippen LogP) is 1.09. The minimum absolute atomic E-state index is 0.00832. The summed E-state index contributed by atoms with van der Waals surface area (Å²) in [5, 5.41) is 4.17. The molecule has 1 aromatic carbocycles. The van der Waals surface area contributed by atoms with Crippen LogP contribution in [0, 0.1) is 0 Å². The van der Waals surface area contributed by atoms with Crippen molar-refractivity contribution in [2.45, 2.75) is 4.90 Å². The van der Waals surface area contributed by atoms with E-state index in [1.54, 1.807) is 0 Å². The van der Waals surface area contributed by atoms with Crippen molar-refractivity contribution in [3.05, 3.63) is 47.2 Å². The number of fused-ring (bicyclic) bond motifs is 1. The summed E-state index contributed by atoms with van der Waals surface area (Å²) < 4.78 is 33.2. The van der Waals surface area contributed by atoms with E-state index in [2.05, 4.69) is 10.1 Å². The van der Waals surface area contributed by atoms with Crippen LogP contribution in [-0.2, 0) is 10.0 Å². The maximum Gasteiger partial charge on any atom is 0.269 e. The standard InChI is InChI=1S/C14H12ClN5O4S/c1-24-10-6-8(2-3-9(10)15)14(21)19-25(22,23)11-7-17-20-5-4-12(16)18-13(11)20/h2-7H,1H3,(H2,16,18)(H,19,21). The Hall–Kier alpha value is -2.85. The Morgan fingerprint density at radius 3 is 2.84 bits per heavy atom. The molecule has 3 aromatic rings. The van der Waals surface area contributed by atoms with Gasteiger partial charge in [0.15, 0.2) is 10.5 Å². The lowest BCUT2D eigenvalue weighted by atomic mass is 10.2. The average molecular weight is 382 g/mol. The molecule has 2 heterocycles. The summed E-state index contributed by atoms with van der Waals surface area (Å²) in [6.07, 6.45) is 2.54. The number of methoxy groups -OCH3 is 1. The molecule has 0 saturated carbocycles. The van der Waals surface area contributed by atoms with Gasteiger partial charge in [-0.15, -0.1) is 0 Å². The lowest BCUT2D eigenvalue weighted by Crippen LogP contribution is -2.30. The van der Waals surface area contributed by atoms with E-state index in [9.17, 15) is 13.2 Å². The number of anilines is 1. The first-order chi connectivity index (χ1) is 11.8. The molecule has 11 heteroatoms. The van der Waals surface area contributed by atoms with Crippen molar-refractivity contribution in [1.82, 2.24) is 19.3 Å². The number of hydrogen-bond acceptors (Lipinski definition) is 7. The topological polar surface area (TPSA) is 129 Å². The SMILES string of the molecule is COc1cc(C(=O)NS(=O)(=O)c2cnn3ccc(N)nc23)ccc1Cl. The maximum absolute atomic E-state index is 12.5. The van der Waals surface area contributed by atoms with Crippen molar-refractivity contribution in [1.29, 1.82) is 0 Å². The van der Waals surface area contributed by atoms with Crippen LogP contribution in [-0.4, -0.2) is 36.0 Å². The summed E-state index contributed by atoms with van der Waals surface area (Å²) >= 11 is 5.89. The van der Waals surface area contributed by atoms with E-state index in [4.69, 9.17) is 22.1 Å². The largest absolute Gasteiger partial charge is 0.495 e. The van der Waals surface area contributed by atoms with Crippen LogP contribution in [0.5, 0.6) is 5.75 Å². The van der Waals surface area contributed by atoms with Crippen LogP contribution in [0.3, 0.4) is 0 Å². The summed E-state index contributed by atoms with van der Waals surface area (Å²) in [6.45, 7) is 0. The number of nitrogens with zero attached hydrogens (tertiary/aromatic N) is 3. The summed E-state index contributed by atoms with van der Waals surface area (Å²) in [7, 11) is -2.83. The molecule has 1 amide bonds. The monoisotopic (exact) mass is 381 g/mol. The summed E-state index contributed by atoms with van der Waals surface area (Å²) in [6, 6.07) is 5.61. The van der Waals surface area contributed by atoms with Crippen LogP contribution in [0.15, 0.2) is 41.6 Å². The van der Waals surface area contributed by atoms with Gasteiger partial charge in [0.2, 0.25) is 0 Å². The van der Waals surface area contributed by atoms with Gasteiger partial charge < -0.3 is 10.5 Å². The third-order valence-electron chi connectivity index (χ3n) is 3.29. The second-order valence-electron chi connectivity index (χ2n) is 4.91. The molecule has 2 aromatic heterocycles. The third-order valence-corrected chi connectivity index (χ3v) is 4.92. The number of benzene rings is 1. The van der Waals surface area contributed by atoms with Crippen molar-refractivity contribution in [3.63, 3.8) is 0 Å². The summed E-state index contributed by atoms with van der Waals surface area (Å²) in [5.41, 5.74) is 5.64.